The van der Waals surface area contributed by atoms with Crippen LogP contribution in [0.1, 0.15) is 13.8 Å². The zero-order valence-corrected chi connectivity index (χ0v) is 12.9. The highest BCUT2D eigenvalue weighted by molar-refractivity contribution is 7.89. The van der Waals surface area contributed by atoms with Crippen LogP contribution in [0.25, 0.3) is 0 Å². The number of carbonyl (C=O) groups excluding carboxylic acids is 1. The van der Waals surface area contributed by atoms with Crippen molar-refractivity contribution in [2.24, 2.45) is 0 Å². The fourth-order valence-electron chi connectivity index (χ4n) is 1.61. The first-order valence-electron chi connectivity index (χ1n) is 6.03. The third kappa shape index (κ3) is 3.84. The van der Waals surface area contributed by atoms with Crippen molar-refractivity contribution in [3.8, 4) is 0 Å². The van der Waals surface area contributed by atoms with Gasteiger partial charge in [-0.2, -0.15) is 4.31 Å². The monoisotopic (exact) mass is 320 g/mol. The number of nitrogens with zero attached hydrogens (tertiary/aromatic N) is 1. The van der Waals surface area contributed by atoms with E-state index in [9.17, 15) is 13.2 Å². The third-order valence-corrected chi connectivity index (χ3v) is 4.78. The number of rotatable bonds is 6. The van der Waals surface area contributed by atoms with Gasteiger partial charge in [0.1, 0.15) is 11.4 Å². The summed E-state index contributed by atoms with van der Waals surface area (Å²) in [5.74, 6) is -0.606. The van der Waals surface area contributed by atoms with E-state index in [1.165, 1.54) is 18.2 Å². The topological polar surface area (TPSA) is 89.7 Å². The van der Waals surface area contributed by atoms with E-state index in [0.29, 0.717) is 5.02 Å². The molecule has 0 aromatic heterocycles. The quantitative estimate of drug-likeness (QED) is 0.633. The Hall–Kier alpha value is -1.31. The summed E-state index contributed by atoms with van der Waals surface area (Å²) in [6.45, 7) is 3.25. The minimum Gasteiger partial charge on any atom is -0.465 e. The number of nitrogen functional groups attached to an aromatic ring is 1. The lowest BCUT2D eigenvalue weighted by molar-refractivity contribution is -0.143. The lowest BCUT2D eigenvalue weighted by Crippen LogP contribution is -2.36. The van der Waals surface area contributed by atoms with Crippen LogP contribution in [0.3, 0.4) is 0 Å². The summed E-state index contributed by atoms with van der Waals surface area (Å²) in [7, 11) is -3.86. The van der Waals surface area contributed by atoms with Crippen molar-refractivity contribution in [2.45, 2.75) is 18.7 Å². The van der Waals surface area contributed by atoms with Gasteiger partial charge in [0.25, 0.3) is 0 Å². The van der Waals surface area contributed by atoms with Crippen molar-refractivity contribution < 1.29 is 17.9 Å². The molecule has 0 fully saturated rings. The molecule has 0 heterocycles. The first-order valence-corrected chi connectivity index (χ1v) is 7.85. The molecule has 2 N–H and O–H groups in total. The van der Waals surface area contributed by atoms with Gasteiger partial charge < -0.3 is 10.5 Å². The summed E-state index contributed by atoms with van der Waals surface area (Å²) >= 11 is 5.74. The number of halogens is 1. The number of anilines is 1. The van der Waals surface area contributed by atoms with E-state index in [1.807, 2.05) is 0 Å². The second-order valence-corrected chi connectivity index (χ2v) is 6.26. The van der Waals surface area contributed by atoms with E-state index in [1.54, 1.807) is 13.8 Å². The van der Waals surface area contributed by atoms with Crippen molar-refractivity contribution in [1.82, 2.24) is 4.31 Å². The Morgan fingerprint density at radius 2 is 2.05 bits per heavy atom. The van der Waals surface area contributed by atoms with E-state index in [2.05, 4.69) is 0 Å². The SMILES string of the molecule is CCOC(=O)CN(CC)S(=O)(=O)c1ccc(Cl)cc1N. The smallest absolute Gasteiger partial charge is 0.321 e. The molecule has 8 heteroatoms. The number of benzene rings is 1. The van der Waals surface area contributed by atoms with Crippen LogP contribution in [0.5, 0.6) is 0 Å². The molecule has 0 aliphatic carbocycles. The molecule has 0 radical (unpaired) electrons. The predicted molar refractivity (Wildman–Crippen MR) is 76.9 cm³/mol. The maximum absolute atomic E-state index is 12.4. The van der Waals surface area contributed by atoms with E-state index in [-0.39, 0.29) is 30.3 Å². The largest absolute Gasteiger partial charge is 0.465 e. The Labute approximate surface area is 123 Å². The lowest BCUT2D eigenvalue weighted by atomic mass is 10.3. The van der Waals surface area contributed by atoms with Gasteiger partial charge in [-0.25, -0.2) is 8.42 Å². The molecule has 0 atom stereocenters. The average molecular weight is 321 g/mol. The van der Waals surface area contributed by atoms with Gasteiger partial charge in [-0.05, 0) is 25.1 Å². The van der Waals surface area contributed by atoms with Gasteiger partial charge in [-0.15, -0.1) is 0 Å². The van der Waals surface area contributed by atoms with Crippen molar-refractivity contribution in [3.05, 3.63) is 23.2 Å². The highest BCUT2D eigenvalue weighted by atomic mass is 35.5. The maximum Gasteiger partial charge on any atom is 0.321 e. The first-order chi connectivity index (χ1) is 9.32. The normalized spacial score (nSPS) is 11.6. The molecule has 0 amide bonds. The molecule has 0 aliphatic heterocycles. The number of hydrogen-bond donors (Lipinski definition) is 1. The van der Waals surface area contributed by atoms with Crippen LogP contribution in [0.4, 0.5) is 5.69 Å². The minimum atomic E-state index is -3.86. The molecule has 20 heavy (non-hydrogen) atoms. The van der Waals surface area contributed by atoms with Gasteiger partial charge in [0.05, 0.1) is 12.3 Å². The maximum atomic E-state index is 12.4. The molecule has 0 saturated carbocycles. The van der Waals surface area contributed by atoms with Crippen molar-refractivity contribution in [1.29, 1.82) is 0 Å². The number of nitrogens with two attached hydrogens (primary N) is 1. The number of hydrogen-bond acceptors (Lipinski definition) is 5. The minimum absolute atomic E-state index is 0.0415. The van der Waals surface area contributed by atoms with Crippen molar-refractivity contribution in [3.63, 3.8) is 0 Å². The number of likely N-dealkylation sites (N-methyl/N-ethyl adjacent to an activating group) is 1. The Morgan fingerprint density at radius 3 is 2.55 bits per heavy atom. The summed E-state index contributed by atoms with van der Waals surface area (Å²) in [6.07, 6.45) is 0. The van der Waals surface area contributed by atoms with Crippen LogP contribution in [0, 0.1) is 0 Å². The third-order valence-electron chi connectivity index (χ3n) is 2.55. The van der Waals surface area contributed by atoms with Crippen LogP contribution >= 0.6 is 11.6 Å². The molecule has 0 aliphatic rings. The van der Waals surface area contributed by atoms with Gasteiger partial charge in [-0.3, -0.25) is 4.79 Å². The van der Waals surface area contributed by atoms with Crippen LogP contribution in [-0.2, 0) is 19.6 Å². The molecule has 1 aromatic carbocycles. The fourth-order valence-corrected chi connectivity index (χ4v) is 3.28. The Kier molecular flexibility index (Phi) is 5.79. The second kappa shape index (κ2) is 6.92. The first kappa shape index (κ1) is 16.7. The predicted octanol–water partition coefficient (Wildman–Crippen LogP) is 1.50. The number of carbonyl (C=O) groups is 1. The number of ether oxygens (including phenoxy) is 1. The Bertz CT molecular complexity index is 589. The Morgan fingerprint density at radius 1 is 1.40 bits per heavy atom. The molecule has 112 valence electrons. The highest BCUT2D eigenvalue weighted by Gasteiger charge is 2.27. The summed E-state index contributed by atoms with van der Waals surface area (Å²) in [4.78, 5) is 11.4. The average Bonchev–Trinajstić information content (AvgIpc) is 2.35. The van der Waals surface area contributed by atoms with Gasteiger partial charge in [0.2, 0.25) is 10.0 Å². The summed E-state index contributed by atoms with van der Waals surface area (Å²) in [6, 6.07) is 4.11. The molecule has 6 nitrogen and oxygen atoms in total. The molecular formula is C12H17ClN2O4S. The fraction of sp³-hybridized carbons (Fsp3) is 0.417. The number of esters is 1. The molecule has 1 aromatic rings. The van der Waals surface area contributed by atoms with Gasteiger partial charge in [-0.1, -0.05) is 18.5 Å². The van der Waals surface area contributed by atoms with Crippen LogP contribution < -0.4 is 5.73 Å². The highest BCUT2D eigenvalue weighted by Crippen LogP contribution is 2.25. The molecular weight excluding hydrogens is 304 g/mol. The summed E-state index contributed by atoms with van der Waals surface area (Å²) in [5, 5.41) is 0.342. The summed E-state index contributed by atoms with van der Waals surface area (Å²) < 4.78 is 30.6. The second-order valence-electron chi connectivity index (χ2n) is 3.92. The van der Waals surface area contributed by atoms with Crippen LogP contribution in [-0.4, -0.2) is 38.4 Å². The molecule has 1 rings (SSSR count). The van der Waals surface area contributed by atoms with E-state index in [0.717, 1.165) is 4.31 Å². The molecule has 0 bridgehead atoms. The zero-order chi connectivity index (χ0) is 15.3. The summed E-state index contributed by atoms with van der Waals surface area (Å²) in [5.41, 5.74) is 5.72. The van der Waals surface area contributed by atoms with E-state index in [4.69, 9.17) is 22.1 Å². The number of sulfonamides is 1. The molecule has 0 spiro atoms. The standard InChI is InChI=1S/C12H17ClN2O4S/c1-3-15(8-12(16)19-4-2)20(17,18)11-6-5-9(13)7-10(11)14/h5-7H,3-4,8,14H2,1-2H3. The van der Waals surface area contributed by atoms with Crippen LogP contribution in [0.2, 0.25) is 5.02 Å². The zero-order valence-electron chi connectivity index (χ0n) is 11.3. The van der Waals surface area contributed by atoms with Crippen LogP contribution in [0.15, 0.2) is 23.1 Å². The van der Waals surface area contributed by atoms with E-state index < -0.39 is 16.0 Å². The Balaban J connectivity index is 3.09. The molecule has 0 unspecified atom stereocenters. The van der Waals surface area contributed by atoms with Gasteiger partial charge >= 0.3 is 5.97 Å². The molecule has 0 saturated heterocycles. The van der Waals surface area contributed by atoms with Crippen molar-refractivity contribution in [2.75, 3.05) is 25.4 Å². The lowest BCUT2D eigenvalue weighted by Gasteiger charge is -2.20. The van der Waals surface area contributed by atoms with Gasteiger partial charge in [0.15, 0.2) is 0 Å². The van der Waals surface area contributed by atoms with Gasteiger partial charge in [0, 0.05) is 11.6 Å². The van der Waals surface area contributed by atoms with Crippen molar-refractivity contribution >= 4 is 33.3 Å². The van der Waals surface area contributed by atoms with E-state index >= 15 is 0 Å².